The molecule has 1 aromatic rings. The summed E-state index contributed by atoms with van der Waals surface area (Å²) in [7, 11) is 0. The molecule has 0 aliphatic rings. The summed E-state index contributed by atoms with van der Waals surface area (Å²) >= 11 is 1.34. The summed E-state index contributed by atoms with van der Waals surface area (Å²) in [4.78, 5) is 12.0. The van der Waals surface area contributed by atoms with E-state index in [9.17, 15) is 4.79 Å². The molecule has 1 heterocycles. The Morgan fingerprint density at radius 1 is 1.79 bits per heavy atom. The molecule has 1 atom stereocenters. The second-order valence-electron chi connectivity index (χ2n) is 2.78. The number of thiophene rings is 1. The molecule has 0 saturated carbocycles. The van der Waals surface area contributed by atoms with Crippen molar-refractivity contribution in [2.75, 3.05) is 0 Å². The monoisotopic (exact) mass is 209 g/mol. The number of hydrogen-bond acceptors (Lipinski definition) is 4. The van der Waals surface area contributed by atoms with Crippen LogP contribution in [0.1, 0.15) is 29.4 Å². The first-order valence-electron chi connectivity index (χ1n) is 4.39. The first kappa shape index (κ1) is 10.7. The largest absolute Gasteiger partial charge is 0.457 e. The third kappa shape index (κ3) is 2.86. The summed E-state index contributed by atoms with van der Waals surface area (Å²) in [6.07, 6.45) is 0.646. The van der Waals surface area contributed by atoms with Crippen LogP contribution in [-0.2, 0) is 4.74 Å². The topological polar surface area (TPSA) is 50.1 Å². The number of carbonyl (C=O) groups excluding carboxylic acids is 1. The normalized spacial score (nSPS) is 11.7. The second-order valence-corrected chi connectivity index (χ2v) is 3.72. The fraction of sp³-hybridized carbons (Fsp3) is 0.400. The molecule has 0 radical (unpaired) electrons. The van der Waals surface area contributed by atoms with Crippen molar-refractivity contribution in [1.29, 1.82) is 5.26 Å². The van der Waals surface area contributed by atoms with E-state index in [0.717, 1.165) is 0 Å². The predicted octanol–water partition coefficient (Wildman–Crippen LogP) is 2.60. The zero-order chi connectivity index (χ0) is 10.4. The fourth-order valence-electron chi connectivity index (χ4n) is 0.975. The van der Waals surface area contributed by atoms with Crippen molar-refractivity contribution in [2.45, 2.75) is 25.9 Å². The van der Waals surface area contributed by atoms with Gasteiger partial charge in [0.05, 0.1) is 12.5 Å². The fourth-order valence-corrected chi connectivity index (χ4v) is 1.58. The van der Waals surface area contributed by atoms with E-state index in [0.29, 0.717) is 11.3 Å². The molecule has 0 saturated heterocycles. The van der Waals surface area contributed by atoms with E-state index in [1.54, 1.807) is 12.1 Å². The van der Waals surface area contributed by atoms with Gasteiger partial charge in [-0.25, -0.2) is 4.79 Å². The lowest BCUT2D eigenvalue weighted by Crippen LogP contribution is -2.16. The number of hydrogen-bond donors (Lipinski definition) is 0. The molecular weight excluding hydrogens is 198 g/mol. The standard InChI is InChI=1S/C10H11NO2S/c1-2-8(5-6-11)13-10(12)9-4-3-7-14-9/h3-4,7-8H,2,5H2,1H3/t8-/m1/s1. The Morgan fingerprint density at radius 3 is 3.07 bits per heavy atom. The molecule has 74 valence electrons. The van der Waals surface area contributed by atoms with E-state index in [4.69, 9.17) is 10.00 Å². The molecule has 0 spiro atoms. The average molecular weight is 209 g/mol. The Hall–Kier alpha value is -1.34. The quantitative estimate of drug-likeness (QED) is 0.716. The van der Waals surface area contributed by atoms with Gasteiger partial charge in [0, 0.05) is 0 Å². The van der Waals surface area contributed by atoms with Gasteiger partial charge in [-0.15, -0.1) is 11.3 Å². The Morgan fingerprint density at radius 2 is 2.57 bits per heavy atom. The van der Waals surface area contributed by atoms with E-state index in [2.05, 4.69) is 0 Å². The van der Waals surface area contributed by atoms with Crippen molar-refractivity contribution >= 4 is 17.3 Å². The van der Waals surface area contributed by atoms with Gasteiger partial charge in [-0.05, 0) is 17.9 Å². The summed E-state index contributed by atoms with van der Waals surface area (Å²) in [6.45, 7) is 1.89. The van der Waals surface area contributed by atoms with Gasteiger partial charge in [0.25, 0.3) is 0 Å². The summed E-state index contributed by atoms with van der Waals surface area (Å²) in [5.74, 6) is -0.331. The van der Waals surface area contributed by atoms with Crippen LogP contribution in [-0.4, -0.2) is 12.1 Å². The summed E-state index contributed by atoms with van der Waals surface area (Å²) in [5.41, 5.74) is 0. The van der Waals surface area contributed by atoms with Crippen molar-refractivity contribution in [3.8, 4) is 6.07 Å². The lowest BCUT2D eigenvalue weighted by Gasteiger charge is -2.11. The third-order valence-electron chi connectivity index (χ3n) is 1.77. The number of carbonyl (C=O) groups is 1. The molecule has 0 amide bonds. The second kappa shape index (κ2) is 5.40. The maximum atomic E-state index is 11.4. The number of rotatable bonds is 4. The summed E-state index contributed by atoms with van der Waals surface area (Å²) < 4.78 is 5.13. The van der Waals surface area contributed by atoms with Gasteiger partial charge in [0.2, 0.25) is 0 Å². The van der Waals surface area contributed by atoms with Gasteiger partial charge in [-0.3, -0.25) is 0 Å². The van der Waals surface area contributed by atoms with Gasteiger partial charge in [-0.1, -0.05) is 13.0 Å². The predicted molar refractivity (Wildman–Crippen MR) is 54.0 cm³/mol. The van der Waals surface area contributed by atoms with Crippen molar-refractivity contribution in [1.82, 2.24) is 0 Å². The zero-order valence-electron chi connectivity index (χ0n) is 7.90. The molecule has 1 aromatic heterocycles. The van der Waals surface area contributed by atoms with Crippen LogP contribution in [0.4, 0.5) is 0 Å². The van der Waals surface area contributed by atoms with Crippen LogP contribution in [0.5, 0.6) is 0 Å². The highest BCUT2D eigenvalue weighted by molar-refractivity contribution is 7.11. The first-order chi connectivity index (χ1) is 6.77. The molecule has 4 heteroatoms. The van der Waals surface area contributed by atoms with Crippen molar-refractivity contribution in [2.24, 2.45) is 0 Å². The van der Waals surface area contributed by atoms with Crippen LogP contribution >= 0.6 is 11.3 Å². The maximum Gasteiger partial charge on any atom is 0.348 e. The number of nitriles is 1. The zero-order valence-corrected chi connectivity index (χ0v) is 8.71. The molecule has 0 unspecified atom stereocenters. The van der Waals surface area contributed by atoms with Crippen LogP contribution < -0.4 is 0 Å². The van der Waals surface area contributed by atoms with E-state index in [1.807, 2.05) is 18.4 Å². The van der Waals surface area contributed by atoms with E-state index in [1.165, 1.54) is 11.3 Å². The molecule has 3 nitrogen and oxygen atoms in total. The van der Waals surface area contributed by atoms with E-state index >= 15 is 0 Å². The molecule has 0 fully saturated rings. The number of esters is 1. The van der Waals surface area contributed by atoms with E-state index in [-0.39, 0.29) is 18.5 Å². The Bertz CT molecular complexity index is 326. The lowest BCUT2D eigenvalue weighted by atomic mass is 10.2. The highest BCUT2D eigenvalue weighted by Crippen LogP contribution is 2.13. The lowest BCUT2D eigenvalue weighted by molar-refractivity contribution is 0.0309. The molecule has 0 N–H and O–H groups in total. The van der Waals surface area contributed by atoms with Gasteiger partial charge >= 0.3 is 5.97 Å². The third-order valence-corrected chi connectivity index (χ3v) is 2.62. The molecule has 14 heavy (non-hydrogen) atoms. The maximum absolute atomic E-state index is 11.4. The Balaban J connectivity index is 2.52. The van der Waals surface area contributed by atoms with Gasteiger partial charge in [0.1, 0.15) is 11.0 Å². The summed E-state index contributed by atoms with van der Waals surface area (Å²) in [6, 6.07) is 5.51. The van der Waals surface area contributed by atoms with Gasteiger partial charge in [-0.2, -0.15) is 5.26 Å². The number of ether oxygens (including phenoxy) is 1. The van der Waals surface area contributed by atoms with Crippen LogP contribution in [0.2, 0.25) is 0 Å². The smallest absolute Gasteiger partial charge is 0.348 e. The van der Waals surface area contributed by atoms with E-state index < -0.39 is 0 Å². The van der Waals surface area contributed by atoms with Gasteiger partial charge in [0.15, 0.2) is 0 Å². The molecule has 1 rings (SSSR count). The molecule has 0 aromatic carbocycles. The highest BCUT2D eigenvalue weighted by Gasteiger charge is 2.14. The van der Waals surface area contributed by atoms with Crippen molar-refractivity contribution < 1.29 is 9.53 Å². The molecule has 0 bridgehead atoms. The summed E-state index contributed by atoms with van der Waals surface area (Å²) in [5, 5.41) is 10.3. The molecular formula is C10H11NO2S. The average Bonchev–Trinajstić information content (AvgIpc) is 2.69. The molecule has 0 aliphatic heterocycles. The van der Waals surface area contributed by atoms with Crippen LogP contribution in [0, 0.1) is 11.3 Å². The minimum atomic E-state index is -0.331. The Kier molecular flexibility index (Phi) is 4.14. The Labute approximate surface area is 86.9 Å². The minimum absolute atomic E-state index is 0.258. The molecule has 0 aliphatic carbocycles. The SMILES string of the molecule is CC[C@H](CC#N)OC(=O)c1cccs1. The van der Waals surface area contributed by atoms with Gasteiger partial charge < -0.3 is 4.74 Å². The van der Waals surface area contributed by atoms with Crippen LogP contribution in [0.25, 0.3) is 0 Å². The van der Waals surface area contributed by atoms with Crippen LogP contribution in [0.3, 0.4) is 0 Å². The number of nitrogens with zero attached hydrogens (tertiary/aromatic N) is 1. The minimum Gasteiger partial charge on any atom is -0.457 e. The highest BCUT2D eigenvalue weighted by atomic mass is 32.1. The first-order valence-corrected chi connectivity index (χ1v) is 5.27. The van der Waals surface area contributed by atoms with Crippen molar-refractivity contribution in [3.05, 3.63) is 22.4 Å². The van der Waals surface area contributed by atoms with Crippen LogP contribution in [0.15, 0.2) is 17.5 Å². The van der Waals surface area contributed by atoms with Crippen molar-refractivity contribution in [3.63, 3.8) is 0 Å².